The van der Waals surface area contributed by atoms with Gasteiger partial charge in [-0.1, -0.05) is 49.0 Å². The summed E-state index contributed by atoms with van der Waals surface area (Å²) < 4.78 is 15.5. The first-order valence-corrected chi connectivity index (χ1v) is 8.49. The van der Waals surface area contributed by atoms with Crippen molar-refractivity contribution in [3.63, 3.8) is 0 Å². The summed E-state index contributed by atoms with van der Waals surface area (Å²) >= 11 is 0. The zero-order chi connectivity index (χ0) is 19.5. The van der Waals surface area contributed by atoms with Gasteiger partial charge in [-0.05, 0) is 36.3 Å². The minimum atomic E-state index is -0.509. The molecule has 0 amide bonds. The van der Waals surface area contributed by atoms with Gasteiger partial charge in [0.05, 0.1) is 0 Å². The van der Waals surface area contributed by atoms with E-state index in [0.717, 1.165) is 16.9 Å². The Kier molecular flexibility index (Phi) is 7.85. The van der Waals surface area contributed by atoms with E-state index in [9.17, 15) is 9.59 Å². The number of rotatable bonds is 9. The average molecular weight is 366 g/mol. The van der Waals surface area contributed by atoms with E-state index in [1.165, 1.54) is 6.08 Å². The summed E-state index contributed by atoms with van der Waals surface area (Å²) in [6.07, 6.45) is 2.96. The van der Waals surface area contributed by atoms with Gasteiger partial charge in [-0.2, -0.15) is 0 Å². The van der Waals surface area contributed by atoms with Crippen molar-refractivity contribution in [3.8, 4) is 5.75 Å². The van der Waals surface area contributed by atoms with Gasteiger partial charge in [0, 0.05) is 11.6 Å². The highest BCUT2D eigenvalue weighted by molar-refractivity contribution is 5.87. The number of carbonyl (C=O) groups excluding carboxylic acids is 2. The largest absolute Gasteiger partial charge is 0.489 e. The van der Waals surface area contributed by atoms with Crippen molar-refractivity contribution in [2.24, 2.45) is 0 Å². The minimum Gasteiger partial charge on any atom is -0.489 e. The van der Waals surface area contributed by atoms with Crippen LogP contribution in [0.3, 0.4) is 0 Å². The van der Waals surface area contributed by atoms with E-state index in [2.05, 4.69) is 6.58 Å². The standard InChI is InChI=1S/C22H22O5/c1-17(2)22(24)26-15-14-25-21(23)13-10-18-8-11-20(12-9-18)27-16-19-6-4-3-5-7-19/h3-13H,1,14-16H2,2H3/b13-10+. The highest BCUT2D eigenvalue weighted by Gasteiger charge is 2.03. The first kappa shape index (κ1) is 20.0. The molecule has 2 aromatic carbocycles. The van der Waals surface area contributed by atoms with Crippen LogP contribution in [0.5, 0.6) is 5.75 Å². The lowest BCUT2D eigenvalue weighted by Gasteiger charge is -2.06. The second-order valence-electron chi connectivity index (χ2n) is 5.76. The minimum absolute atomic E-state index is 0.00127. The predicted molar refractivity (Wildman–Crippen MR) is 103 cm³/mol. The van der Waals surface area contributed by atoms with Crippen LogP contribution in [0.25, 0.3) is 6.08 Å². The fourth-order valence-electron chi connectivity index (χ4n) is 2.03. The molecule has 5 nitrogen and oxygen atoms in total. The Morgan fingerprint density at radius 2 is 1.63 bits per heavy atom. The second-order valence-corrected chi connectivity index (χ2v) is 5.76. The molecular formula is C22H22O5. The van der Waals surface area contributed by atoms with Crippen molar-refractivity contribution >= 4 is 18.0 Å². The van der Waals surface area contributed by atoms with Crippen molar-refractivity contribution in [1.82, 2.24) is 0 Å². The van der Waals surface area contributed by atoms with Crippen molar-refractivity contribution in [2.45, 2.75) is 13.5 Å². The number of hydrogen-bond donors (Lipinski definition) is 0. The van der Waals surface area contributed by atoms with Crippen molar-refractivity contribution in [1.29, 1.82) is 0 Å². The van der Waals surface area contributed by atoms with E-state index in [1.807, 2.05) is 54.6 Å². The third-order valence-corrected chi connectivity index (χ3v) is 3.45. The van der Waals surface area contributed by atoms with Gasteiger partial charge in [-0.3, -0.25) is 0 Å². The van der Waals surface area contributed by atoms with Crippen molar-refractivity contribution < 1.29 is 23.8 Å². The zero-order valence-corrected chi connectivity index (χ0v) is 15.2. The van der Waals surface area contributed by atoms with Crippen LogP contribution in [0, 0.1) is 0 Å². The maximum Gasteiger partial charge on any atom is 0.333 e. The molecule has 2 rings (SSSR count). The first-order valence-electron chi connectivity index (χ1n) is 8.49. The van der Waals surface area contributed by atoms with E-state index in [4.69, 9.17) is 14.2 Å². The van der Waals surface area contributed by atoms with E-state index < -0.39 is 11.9 Å². The molecule has 0 radical (unpaired) electrons. The van der Waals surface area contributed by atoms with E-state index in [-0.39, 0.29) is 13.2 Å². The molecule has 0 aliphatic rings. The zero-order valence-electron chi connectivity index (χ0n) is 15.2. The van der Waals surface area contributed by atoms with Crippen LogP contribution in [0.2, 0.25) is 0 Å². The number of hydrogen-bond acceptors (Lipinski definition) is 5. The van der Waals surface area contributed by atoms with Crippen molar-refractivity contribution in [2.75, 3.05) is 13.2 Å². The molecule has 140 valence electrons. The van der Waals surface area contributed by atoms with Crippen LogP contribution in [0.4, 0.5) is 0 Å². The molecule has 0 N–H and O–H groups in total. The number of ether oxygens (including phenoxy) is 3. The quantitative estimate of drug-likeness (QED) is 0.382. The van der Waals surface area contributed by atoms with Gasteiger partial charge in [-0.25, -0.2) is 9.59 Å². The number of carbonyl (C=O) groups is 2. The number of esters is 2. The first-order chi connectivity index (χ1) is 13.0. The molecule has 0 bridgehead atoms. The molecule has 0 aromatic heterocycles. The normalized spacial score (nSPS) is 10.4. The number of benzene rings is 2. The topological polar surface area (TPSA) is 61.8 Å². The average Bonchev–Trinajstić information content (AvgIpc) is 2.69. The summed E-state index contributed by atoms with van der Waals surface area (Å²) in [5, 5.41) is 0. The summed E-state index contributed by atoms with van der Waals surface area (Å²) in [5.41, 5.74) is 2.24. The Hall–Kier alpha value is -3.34. The van der Waals surface area contributed by atoms with Crippen LogP contribution in [0.1, 0.15) is 18.1 Å². The van der Waals surface area contributed by atoms with Crippen LogP contribution in [0.15, 0.2) is 72.8 Å². The molecule has 27 heavy (non-hydrogen) atoms. The summed E-state index contributed by atoms with van der Waals surface area (Å²) in [6, 6.07) is 17.3. The van der Waals surface area contributed by atoms with Crippen molar-refractivity contribution in [3.05, 3.63) is 84.0 Å². The third kappa shape index (κ3) is 7.61. The Morgan fingerprint density at radius 3 is 2.30 bits per heavy atom. The summed E-state index contributed by atoms with van der Waals surface area (Å²) in [6.45, 7) is 5.50. The van der Waals surface area contributed by atoms with Gasteiger partial charge < -0.3 is 14.2 Å². The molecule has 0 atom stereocenters. The van der Waals surface area contributed by atoms with Gasteiger partial charge in [0.25, 0.3) is 0 Å². The molecule has 0 heterocycles. The highest BCUT2D eigenvalue weighted by atomic mass is 16.6. The summed E-state index contributed by atoms with van der Waals surface area (Å²) in [7, 11) is 0. The molecule has 5 heteroatoms. The Bertz CT molecular complexity index is 791. The highest BCUT2D eigenvalue weighted by Crippen LogP contribution is 2.15. The van der Waals surface area contributed by atoms with Gasteiger partial charge in [0.2, 0.25) is 0 Å². The fraction of sp³-hybridized carbons (Fsp3) is 0.182. The van der Waals surface area contributed by atoms with Crippen LogP contribution < -0.4 is 4.74 Å². The maximum absolute atomic E-state index is 11.6. The van der Waals surface area contributed by atoms with Crippen LogP contribution in [-0.2, 0) is 25.7 Å². The molecular weight excluding hydrogens is 344 g/mol. The van der Waals surface area contributed by atoms with Crippen LogP contribution in [-0.4, -0.2) is 25.2 Å². The summed E-state index contributed by atoms with van der Waals surface area (Å²) in [5.74, 6) is -0.264. The van der Waals surface area contributed by atoms with E-state index in [1.54, 1.807) is 13.0 Å². The lowest BCUT2D eigenvalue weighted by atomic mass is 10.2. The van der Waals surface area contributed by atoms with Crippen LogP contribution >= 0.6 is 0 Å². The third-order valence-electron chi connectivity index (χ3n) is 3.45. The molecule has 0 aliphatic carbocycles. The molecule has 0 aliphatic heterocycles. The molecule has 0 fully saturated rings. The SMILES string of the molecule is C=C(C)C(=O)OCCOC(=O)/C=C/c1ccc(OCc2ccccc2)cc1. The summed E-state index contributed by atoms with van der Waals surface area (Å²) in [4.78, 5) is 22.8. The molecule has 2 aromatic rings. The lowest BCUT2D eigenvalue weighted by Crippen LogP contribution is -2.12. The second kappa shape index (κ2) is 10.6. The Morgan fingerprint density at radius 1 is 0.963 bits per heavy atom. The molecule has 0 saturated carbocycles. The van der Waals surface area contributed by atoms with E-state index in [0.29, 0.717) is 12.2 Å². The van der Waals surface area contributed by atoms with E-state index >= 15 is 0 Å². The predicted octanol–water partition coefficient (Wildman–Crippen LogP) is 3.94. The van der Waals surface area contributed by atoms with Gasteiger partial charge in [0.15, 0.2) is 0 Å². The smallest absolute Gasteiger partial charge is 0.333 e. The van der Waals surface area contributed by atoms with Gasteiger partial charge >= 0.3 is 11.9 Å². The Labute approximate surface area is 158 Å². The molecule has 0 spiro atoms. The maximum atomic E-state index is 11.6. The Balaban J connectivity index is 1.72. The molecule has 0 unspecified atom stereocenters. The van der Waals surface area contributed by atoms with Gasteiger partial charge in [0.1, 0.15) is 25.6 Å². The lowest BCUT2D eigenvalue weighted by molar-refractivity contribution is -0.146. The fourth-order valence-corrected chi connectivity index (χ4v) is 2.03. The van der Waals surface area contributed by atoms with Gasteiger partial charge in [-0.15, -0.1) is 0 Å². The monoisotopic (exact) mass is 366 g/mol. The molecule has 0 saturated heterocycles.